The predicted molar refractivity (Wildman–Crippen MR) is 57.6 cm³/mol. The monoisotopic (exact) mass is 221 g/mol. The maximum atomic E-state index is 13.0. The summed E-state index contributed by atoms with van der Waals surface area (Å²) in [5.74, 6) is -0.223. The van der Waals surface area contributed by atoms with E-state index in [-0.39, 0.29) is 5.82 Å². The van der Waals surface area contributed by atoms with Gasteiger partial charge < -0.3 is 0 Å². The fraction of sp³-hybridized carbons (Fsp3) is 0.0909. The lowest BCUT2D eigenvalue weighted by atomic mass is 10.1. The summed E-state index contributed by atoms with van der Waals surface area (Å²) in [5, 5.41) is 0. The van der Waals surface area contributed by atoms with Crippen molar-refractivity contribution in [2.24, 2.45) is 0 Å². The van der Waals surface area contributed by atoms with Gasteiger partial charge in [-0.25, -0.2) is 4.39 Å². The summed E-state index contributed by atoms with van der Waals surface area (Å²) in [6.07, 6.45) is 0.705. The van der Waals surface area contributed by atoms with E-state index in [4.69, 9.17) is 0 Å². The molecule has 2 rings (SSSR count). The second-order valence-corrected chi connectivity index (χ2v) is 4.00. The number of hydrogen-bond acceptors (Lipinski definition) is 3. The maximum Gasteiger partial charge on any atom is 0.169 e. The van der Waals surface area contributed by atoms with Gasteiger partial charge in [0.1, 0.15) is 11.5 Å². The van der Waals surface area contributed by atoms with E-state index in [1.54, 1.807) is 25.1 Å². The third-order valence-corrected chi connectivity index (χ3v) is 2.94. The molecule has 76 valence electrons. The van der Waals surface area contributed by atoms with Crippen LogP contribution < -0.4 is 0 Å². The highest BCUT2D eigenvalue weighted by Gasteiger charge is 2.05. The number of hydrogen-bond donors (Lipinski definition) is 0. The average Bonchev–Trinajstić information content (AvgIpc) is 2.70. The van der Waals surface area contributed by atoms with Crippen LogP contribution in [-0.2, 0) is 0 Å². The van der Waals surface area contributed by atoms with Crippen molar-refractivity contribution >= 4 is 17.8 Å². The Labute approximate surface area is 90.5 Å². The molecule has 0 aliphatic heterocycles. The number of aromatic nitrogens is 1. The van der Waals surface area contributed by atoms with Crippen molar-refractivity contribution in [3.8, 4) is 10.4 Å². The van der Waals surface area contributed by atoms with Crippen LogP contribution in [-0.4, -0.2) is 10.7 Å². The average molecular weight is 221 g/mol. The Morgan fingerprint density at radius 1 is 1.40 bits per heavy atom. The first-order chi connectivity index (χ1) is 7.20. The molecule has 0 unspecified atom stereocenters. The SMILES string of the molecule is Cc1cc(-c2cc(C=O)ns2)ccc1F. The molecule has 0 aliphatic carbocycles. The van der Waals surface area contributed by atoms with E-state index in [1.807, 2.05) is 0 Å². The van der Waals surface area contributed by atoms with Crippen LogP contribution in [0, 0.1) is 12.7 Å². The highest BCUT2D eigenvalue weighted by Crippen LogP contribution is 2.25. The summed E-state index contributed by atoms with van der Waals surface area (Å²) < 4.78 is 17.0. The summed E-state index contributed by atoms with van der Waals surface area (Å²) >= 11 is 1.24. The maximum absolute atomic E-state index is 13.0. The van der Waals surface area contributed by atoms with E-state index < -0.39 is 0 Å². The normalized spacial score (nSPS) is 10.3. The zero-order valence-electron chi connectivity index (χ0n) is 8.03. The molecule has 2 nitrogen and oxygen atoms in total. The topological polar surface area (TPSA) is 30.0 Å². The zero-order chi connectivity index (χ0) is 10.8. The van der Waals surface area contributed by atoms with Crippen LogP contribution in [0.2, 0.25) is 0 Å². The quantitative estimate of drug-likeness (QED) is 0.729. The van der Waals surface area contributed by atoms with Gasteiger partial charge >= 0.3 is 0 Å². The van der Waals surface area contributed by atoms with Crippen LogP contribution in [0.15, 0.2) is 24.3 Å². The van der Waals surface area contributed by atoms with Crippen molar-refractivity contribution in [3.63, 3.8) is 0 Å². The molecule has 1 aromatic heterocycles. The number of carbonyl (C=O) groups is 1. The van der Waals surface area contributed by atoms with Crippen LogP contribution in [0.5, 0.6) is 0 Å². The Bertz CT molecular complexity index is 507. The molecule has 15 heavy (non-hydrogen) atoms. The number of aryl methyl sites for hydroxylation is 1. The number of nitrogens with zero attached hydrogens (tertiary/aromatic N) is 1. The van der Waals surface area contributed by atoms with Crippen molar-refractivity contribution in [3.05, 3.63) is 41.3 Å². The first kappa shape index (κ1) is 9.98. The Morgan fingerprint density at radius 3 is 2.80 bits per heavy atom. The minimum absolute atomic E-state index is 0.223. The minimum atomic E-state index is -0.223. The second-order valence-electron chi connectivity index (χ2n) is 3.20. The van der Waals surface area contributed by atoms with Gasteiger partial charge in [-0.15, -0.1) is 0 Å². The van der Waals surface area contributed by atoms with Crippen LogP contribution in [0.1, 0.15) is 16.1 Å². The van der Waals surface area contributed by atoms with Crippen LogP contribution in [0.3, 0.4) is 0 Å². The Morgan fingerprint density at radius 2 is 2.20 bits per heavy atom. The molecular formula is C11H8FNOS. The summed E-state index contributed by atoms with van der Waals surface area (Å²) in [6, 6.07) is 6.55. The summed E-state index contributed by atoms with van der Waals surface area (Å²) in [5.41, 5.74) is 1.89. The number of aldehydes is 1. The van der Waals surface area contributed by atoms with Gasteiger partial charge in [0.05, 0.1) is 4.88 Å². The molecule has 0 spiro atoms. The van der Waals surface area contributed by atoms with E-state index in [0.29, 0.717) is 17.5 Å². The highest BCUT2D eigenvalue weighted by atomic mass is 32.1. The third-order valence-electron chi connectivity index (χ3n) is 2.09. The van der Waals surface area contributed by atoms with E-state index in [0.717, 1.165) is 10.4 Å². The summed E-state index contributed by atoms with van der Waals surface area (Å²) in [4.78, 5) is 11.3. The van der Waals surface area contributed by atoms with Crippen molar-refractivity contribution in [1.82, 2.24) is 4.37 Å². The molecule has 1 aromatic carbocycles. The van der Waals surface area contributed by atoms with Gasteiger partial charge in [-0.05, 0) is 47.8 Å². The van der Waals surface area contributed by atoms with Crippen LogP contribution >= 0.6 is 11.5 Å². The largest absolute Gasteiger partial charge is 0.296 e. The molecule has 0 bridgehead atoms. The minimum Gasteiger partial charge on any atom is -0.296 e. The van der Waals surface area contributed by atoms with Crippen LogP contribution in [0.4, 0.5) is 4.39 Å². The van der Waals surface area contributed by atoms with Gasteiger partial charge in [-0.1, -0.05) is 6.07 Å². The first-order valence-electron chi connectivity index (χ1n) is 4.39. The lowest BCUT2D eigenvalue weighted by Gasteiger charge is -1.99. The lowest BCUT2D eigenvalue weighted by molar-refractivity contribution is 0.112. The number of benzene rings is 1. The molecule has 0 atom stereocenters. The molecule has 0 fully saturated rings. The first-order valence-corrected chi connectivity index (χ1v) is 5.16. The van der Waals surface area contributed by atoms with E-state index in [2.05, 4.69) is 4.37 Å². The molecular weight excluding hydrogens is 213 g/mol. The number of rotatable bonds is 2. The van der Waals surface area contributed by atoms with Crippen molar-refractivity contribution in [2.75, 3.05) is 0 Å². The van der Waals surface area contributed by atoms with Crippen LogP contribution in [0.25, 0.3) is 10.4 Å². The summed E-state index contributed by atoms with van der Waals surface area (Å²) in [7, 11) is 0. The molecule has 0 saturated carbocycles. The molecule has 4 heteroatoms. The highest BCUT2D eigenvalue weighted by molar-refractivity contribution is 7.09. The van der Waals surface area contributed by atoms with Gasteiger partial charge in [0.25, 0.3) is 0 Å². The number of halogens is 1. The van der Waals surface area contributed by atoms with E-state index in [9.17, 15) is 9.18 Å². The van der Waals surface area contributed by atoms with Gasteiger partial charge in [-0.3, -0.25) is 4.79 Å². The van der Waals surface area contributed by atoms with Crippen molar-refractivity contribution < 1.29 is 9.18 Å². The van der Waals surface area contributed by atoms with Gasteiger partial charge in [0, 0.05) is 0 Å². The van der Waals surface area contributed by atoms with Crippen molar-refractivity contribution in [1.29, 1.82) is 0 Å². The van der Waals surface area contributed by atoms with Gasteiger partial charge in [0.15, 0.2) is 6.29 Å². The van der Waals surface area contributed by atoms with Gasteiger partial charge in [-0.2, -0.15) is 4.37 Å². The Hall–Kier alpha value is -1.55. The van der Waals surface area contributed by atoms with E-state index >= 15 is 0 Å². The second kappa shape index (κ2) is 3.90. The fourth-order valence-corrected chi connectivity index (χ4v) is 1.98. The molecule has 0 saturated heterocycles. The lowest BCUT2D eigenvalue weighted by Crippen LogP contribution is -1.82. The number of carbonyl (C=O) groups excluding carboxylic acids is 1. The molecule has 0 radical (unpaired) electrons. The summed E-state index contributed by atoms with van der Waals surface area (Å²) in [6.45, 7) is 1.71. The molecule has 0 aliphatic rings. The molecule has 1 heterocycles. The van der Waals surface area contributed by atoms with Gasteiger partial charge in [0.2, 0.25) is 0 Å². The van der Waals surface area contributed by atoms with E-state index in [1.165, 1.54) is 17.6 Å². The standard InChI is InChI=1S/C11H8FNOS/c1-7-4-8(2-3-10(7)12)11-5-9(6-14)13-15-11/h2-6H,1H3. The van der Waals surface area contributed by atoms with Crippen molar-refractivity contribution in [2.45, 2.75) is 6.92 Å². The molecule has 0 N–H and O–H groups in total. The predicted octanol–water partition coefficient (Wildman–Crippen LogP) is 3.07. The fourth-order valence-electron chi connectivity index (χ4n) is 1.28. The Kier molecular flexibility index (Phi) is 2.60. The smallest absolute Gasteiger partial charge is 0.169 e. The molecule has 2 aromatic rings. The molecule has 0 amide bonds. The third kappa shape index (κ3) is 1.94. The zero-order valence-corrected chi connectivity index (χ0v) is 8.84. The Balaban J connectivity index is 2.44.